The van der Waals surface area contributed by atoms with Crippen LogP contribution in [-0.4, -0.2) is 91.2 Å². The van der Waals surface area contributed by atoms with E-state index < -0.39 is 35.5 Å². The van der Waals surface area contributed by atoms with Gasteiger partial charge in [0.2, 0.25) is 5.91 Å². The highest BCUT2D eigenvalue weighted by atomic mass is 19.4. The molecule has 2 fully saturated rings. The molecular weight excluding hydrogens is 474 g/mol. The highest BCUT2D eigenvalue weighted by molar-refractivity contribution is 6.11. The van der Waals surface area contributed by atoms with Gasteiger partial charge in [0.05, 0.1) is 6.61 Å². The Balaban J connectivity index is 2.14. The number of likely N-dealkylation sites (tertiary alicyclic amines) is 1. The molecule has 8 nitrogen and oxygen atoms in total. The van der Waals surface area contributed by atoms with Gasteiger partial charge in [0.15, 0.2) is 0 Å². The van der Waals surface area contributed by atoms with Crippen molar-refractivity contribution in [3.05, 3.63) is 0 Å². The number of hydrogen-bond donors (Lipinski definition) is 1. The van der Waals surface area contributed by atoms with Crippen LogP contribution in [0.2, 0.25) is 0 Å². The van der Waals surface area contributed by atoms with Crippen LogP contribution in [0.1, 0.15) is 39.5 Å². The fourth-order valence-corrected chi connectivity index (χ4v) is 3.92. The van der Waals surface area contributed by atoms with E-state index in [4.69, 9.17) is 10.1 Å². The van der Waals surface area contributed by atoms with Crippen molar-refractivity contribution in [2.75, 3.05) is 33.4 Å². The van der Waals surface area contributed by atoms with Gasteiger partial charge in [-0.25, -0.2) is 9.79 Å². The molecule has 0 aromatic carbocycles. The maximum Gasteiger partial charge on any atom is 0.434 e. The van der Waals surface area contributed by atoms with Crippen LogP contribution in [0.5, 0.6) is 0 Å². The fraction of sp³-hybridized carbons (Fsp3) is 0.800. The van der Waals surface area contributed by atoms with E-state index in [2.05, 4.69) is 9.73 Å². The molecule has 1 N–H and O–H groups in total. The van der Waals surface area contributed by atoms with Crippen LogP contribution >= 0.6 is 0 Å². The number of carbonyl (C=O) groups excluding carboxylic acids is 2. The van der Waals surface area contributed by atoms with Gasteiger partial charge in [-0.2, -0.15) is 26.3 Å². The minimum Gasteiger partial charge on any atom is -0.426 e. The lowest BCUT2D eigenvalue weighted by Gasteiger charge is -2.47. The summed E-state index contributed by atoms with van der Waals surface area (Å²) in [7, 11) is 1.44. The Morgan fingerprint density at radius 3 is 2.06 bits per heavy atom. The molecule has 0 aromatic heterocycles. The lowest BCUT2D eigenvalue weighted by molar-refractivity contribution is -0.308. The second-order valence-corrected chi connectivity index (χ2v) is 8.60. The number of piperidine rings is 1. The molecule has 0 aromatic rings. The second kappa shape index (κ2) is 10.1. The zero-order chi connectivity index (χ0) is 25.9. The van der Waals surface area contributed by atoms with E-state index in [1.807, 2.05) is 0 Å². The minimum absolute atomic E-state index is 0.0719. The Kier molecular flexibility index (Phi) is 8.26. The number of ether oxygens (including phenoxy) is 2. The highest BCUT2D eigenvalue weighted by Crippen LogP contribution is 2.50. The zero-order valence-electron chi connectivity index (χ0n) is 19.1. The number of nitrogens with zero attached hydrogens (tertiary/aromatic N) is 3. The monoisotopic (exact) mass is 502 g/mol. The third kappa shape index (κ3) is 5.99. The quantitative estimate of drug-likeness (QED) is 0.326. The molecule has 14 heteroatoms. The Morgan fingerprint density at radius 1 is 1.12 bits per heavy atom. The van der Waals surface area contributed by atoms with E-state index in [1.165, 1.54) is 18.2 Å². The van der Waals surface area contributed by atoms with Gasteiger partial charge < -0.3 is 19.3 Å². The largest absolute Gasteiger partial charge is 0.434 e. The first-order chi connectivity index (χ1) is 15.6. The SMILES string of the molecule is CC=NC(=N)C1(C(=O)N(CCOC)C2(C)CCN(C(=O)OC(C(F)(F)F)C(F)(F)F)CC2)CC1. The van der Waals surface area contributed by atoms with Gasteiger partial charge in [-0.05, 0) is 39.5 Å². The van der Waals surface area contributed by atoms with Gasteiger partial charge in [-0.1, -0.05) is 0 Å². The van der Waals surface area contributed by atoms with E-state index in [-0.39, 0.29) is 50.8 Å². The first-order valence-electron chi connectivity index (χ1n) is 10.6. The Labute approximate surface area is 192 Å². The summed E-state index contributed by atoms with van der Waals surface area (Å²) < 4.78 is 85.2. The number of alkyl halides is 6. The number of methoxy groups -OCH3 is 1. The molecular formula is C20H28F6N4O4. The topological polar surface area (TPSA) is 95.3 Å². The number of carbonyl (C=O) groups is 2. The predicted molar refractivity (Wildman–Crippen MR) is 109 cm³/mol. The number of amidine groups is 1. The van der Waals surface area contributed by atoms with Crippen LogP contribution in [0, 0.1) is 10.8 Å². The number of rotatable bonds is 7. The van der Waals surface area contributed by atoms with Crippen LogP contribution in [0.25, 0.3) is 0 Å². The van der Waals surface area contributed by atoms with Gasteiger partial charge in [0, 0.05) is 38.5 Å². The molecule has 1 aliphatic heterocycles. The zero-order valence-corrected chi connectivity index (χ0v) is 19.1. The van der Waals surface area contributed by atoms with Gasteiger partial charge in [-0.15, -0.1) is 0 Å². The molecule has 1 heterocycles. The Hall–Kier alpha value is -2.38. The maximum atomic E-state index is 13.4. The third-order valence-corrected chi connectivity index (χ3v) is 6.20. The lowest BCUT2D eigenvalue weighted by atomic mass is 9.86. The van der Waals surface area contributed by atoms with Crippen molar-refractivity contribution < 1.29 is 45.4 Å². The third-order valence-electron chi connectivity index (χ3n) is 6.20. The first-order valence-corrected chi connectivity index (χ1v) is 10.6. The van der Waals surface area contributed by atoms with Crippen molar-refractivity contribution in [1.29, 1.82) is 5.41 Å². The molecule has 0 unspecified atom stereocenters. The van der Waals surface area contributed by atoms with E-state index in [1.54, 1.807) is 13.8 Å². The minimum atomic E-state index is -5.80. The maximum absolute atomic E-state index is 13.4. The summed E-state index contributed by atoms with van der Waals surface area (Å²) in [5, 5.41) is 8.16. The van der Waals surface area contributed by atoms with Crippen LogP contribution in [0.3, 0.4) is 0 Å². The molecule has 34 heavy (non-hydrogen) atoms. The standard InChI is InChI=1S/C20H28F6N4O4/c1-4-28-14(27)18(5-6-18)15(31)30(11-12-33-3)17(2)7-9-29(10-8-17)16(32)34-13(19(21,22)23)20(24,25)26/h4,13,27H,5-12H2,1-3H3. The van der Waals surface area contributed by atoms with Crippen molar-refractivity contribution >= 4 is 24.1 Å². The molecule has 2 amide bonds. The summed E-state index contributed by atoms with van der Waals surface area (Å²) in [6, 6.07) is 0. The van der Waals surface area contributed by atoms with Crippen molar-refractivity contribution in [3.8, 4) is 0 Å². The fourth-order valence-electron chi connectivity index (χ4n) is 3.92. The van der Waals surface area contributed by atoms with Crippen molar-refractivity contribution in [1.82, 2.24) is 9.80 Å². The highest BCUT2D eigenvalue weighted by Gasteiger charge is 2.61. The van der Waals surface area contributed by atoms with E-state index in [9.17, 15) is 35.9 Å². The number of nitrogens with one attached hydrogen (secondary N) is 1. The molecule has 1 saturated carbocycles. The van der Waals surface area contributed by atoms with Crippen LogP contribution in [0.4, 0.5) is 31.1 Å². The number of amides is 2. The van der Waals surface area contributed by atoms with E-state index >= 15 is 0 Å². The molecule has 0 spiro atoms. The summed E-state index contributed by atoms with van der Waals surface area (Å²) >= 11 is 0. The molecule has 2 rings (SSSR count). The molecule has 194 valence electrons. The van der Waals surface area contributed by atoms with Gasteiger partial charge in [0.1, 0.15) is 11.3 Å². The summed E-state index contributed by atoms with van der Waals surface area (Å²) in [6.07, 6.45) is -15.1. The number of hydrogen-bond acceptors (Lipinski definition) is 5. The lowest BCUT2D eigenvalue weighted by Crippen LogP contribution is -2.59. The van der Waals surface area contributed by atoms with Crippen molar-refractivity contribution in [2.45, 2.75) is 63.5 Å². The van der Waals surface area contributed by atoms with Gasteiger partial charge >= 0.3 is 18.4 Å². The number of halogens is 6. The molecule has 0 atom stereocenters. The summed E-state index contributed by atoms with van der Waals surface area (Å²) in [5.74, 6) is -0.412. The summed E-state index contributed by atoms with van der Waals surface area (Å²) in [6.45, 7) is 3.24. The smallest absolute Gasteiger partial charge is 0.426 e. The molecule has 0 bridgehead atoms. The molecule has 2 aliphatic rings. The Bertz CT molecular complexity index is 788. The van der Waals surface area contributed by atoms with Gasteiger partial charge in [0.25, 0.3) is 6.10 Å². The normalized spacial score (nSPS) is 19.9. The predicted octanol–water partition coefficient (Wildman–Crippen LogP) is 3.79. The number of aliphatic imine (C=N–C) groups is 1. The molecule has 1 saturated heterocycles. The molecule has 1 aliphatic carbocycles. The van der Waals surface area contributed by atoms with Crippen LogP contribution in [0.15, 0.2) is 4.99 Å². The first kappa shape index (κ1) is 27.9. The summed E-state index contributed by atoms with van der Waals surface area (Å²) in [4.78, 5) is 31.7. The van der Waals surface area contributed by atoms with Gasteiger partial charge in [-0.3, -0.25) is 10.2 Å². The summed E-state index contributed by atoms with van der Waals surface area (Å²) in [5.41, 5.74) is -1.93. The molecule has 0 radical (unpaired) electrons. The Morgan fingerprint density at radius 2 is 1.65 bits per heavy atom. The van der Waals surface area contributed by atoms with Crippen LogP contribution in [-0.2, 0) is 14.3 Å². The van der Waals surface area contributed by atoms with E-state index in [0.29, 0.717) is 12.8 Å². The second-order valence-electron chi connectivity index (χ2n) is 8.60. The van der Waals surface area contributed by atoms with E-state index in [0.717, 1.165) is 4.90 Å². The van der Waals surface area contributed by atoms with Crippen molar-refractivity contribution in [2.24, 2.45) is 10.4 Å². The van der Waals surface area contributed by atoms with Crippen LogP contribution < -0.4 is 0 Å². The average Bonchev–Trinajstić information content (AvgIpc) is 3.53. The van der Waals surface area contributed by atoms with Crippen molar-refractivity contribution in [3.63, 3.8) is 0 Å². The average molecular weight is 502 g/mol.